The number of aliphatic hydroxyl groups excluding tert-OH is 1. The van der Waals surface area contributed by atoms with Gasteiger partial charge in [0.05, 0.1) is 24.4 Å². The lowest BCUT2D eigenvalue weighted by Crippen LogP contribution is -2.08. The van der Waals surface area contributed by atoms with E-state index in [9.17, 15) is 4.79 Å². The van der Waals surface area contributed by atoms with Crippen LogP contribution in [0.2, 0.25) is 0 Å². The minimum atomic E-state index is -0.0105. The number of rotatable bonds is 3. The highest BCUT2D eigenvalue weighted by molar-refractivity contribution is 6.00. The maximum atomic E-state index is 11.1. The van der Waals surface area contributed by atoms with Gasteiger partial charge < -0.3 is 21.5 Å². The first-order valence-electron chi connectivity index (χ1n) is 4.77. The van der Waals surface area contributed by atoms with Gasteiger partial charge in [0.1, 0.15) is 0 Å². The summed E-state index contributed by atoms with van der Waals surface area (Å²) in [5.74, 6) is -0.0105. The number of carbonyl (C=O) groups excluding carboxylic acids is 1. The molecule has 0 unspecified atom stereocenters. The number of fused-ring (bicyclic) bond motifs is 1. The minimum absolute atomic E-state index is 0.0105. The third-order valence-electron chi connectivity index (χ3n) is 2.33. The molecule has 5 nitrogen and oxygen atoms in total. The molecule has 0 bridgehead atoms. The maximum absolute atomic E-state index is 11.1. The van der Waals surface area contributed by atoms with E-state index in [0.29, 0.717) is 18.7 Å². The molecule has 80 valence electrons. The van der Waals surface area contributed by atoms with E-state index in [4.69, 9.17) is 10.8 Å². The highest BCUT2D eigenvalue weighted by atomic mass is 16.3. The fourth-order valence-corrected chi connectivity index (χ4v) is 1.64. The highest BCUT2D eigenvalue weighted by Gasteiger charge is 2.18. The van der Waals surface area contributed by atoms with Gasteiger partial charge in [0.2, 0.25) is 5.91 Å². The van der Waals surface area contributed by atoms with Gasteiger partial charge in [-0.2, -0.15) is 0 Å². The van der Waals surface area contributed by atoms with Crippen LogP contribution in [0, 0.1) is 0 Å². The molecule has 15 heavy (non-hydrogen) atoms. The number of hydrogen-bond acceptors (Lipinski definition) is 4. The monoisotopic (exact) mass is 207 g/mol. The summed E-state index contributed by atoms with van der Waals surface area (Å²) in [5.41, 5.74) is 8.86. The minimum Gasteiger partial charge on any atom is -0.397 e. The Morgan fingerprint density at radius 1 is 1.53 bits per heavy atom. The van der Waals surface area contributed by atoms with Crippen molar-refractivity contribution in [2.45, 2.75) is 6.42 Å². The molecule has 1 heterocycles. The molecular weight excluding hydrogens is 194 g/mol. The van der Waals surface area contributed by atoms with Crippen LogP contribution >= 0.6 is 0 Å². The summed E-state index contributed by atoms with van der Waals surface area (Å²) >= 11 is 0. The van der Waals surface area contributed by atoms with Crippen molar-refractivity contribution in [1.82, 2.24) is 0 Å². The van der Waals surface area contributed by atoms with Gasteiger partial charge in [-0.3, -0.25) is 4.79 Å². The number of hydrogen-bond donors (Lipinski definition) is 4. The molecule has 5 N–H and O–H groups in total. The van der Waals surface area contributed by atoms with Crippen LogP contribution < -0.4 is 16.4 Å². The summed E-state index contributed by atoms with van der Waals surface area (Å²) < 4.78 is 0. The van der Waals surface area contributed by atoms with E-state index in [1.165, 1.54) is 0 Å². The SMILES string of the molecule is Nc1cc2c(cc1NCCO)NC(=O)C2. The number of nitrogen functional groups attached to an aromatic ring is 1. The van der Waals surface area contributed by atoms with Crippen molar-refractivity contribution in [3.8, 4) is 0 Å². The molecule has 1 amide bonds. The normalized spacial score (nSPS) is 13.5. The van der Waals surface area contributed by atoms with Gasteiger partial charge in [0, 0.05) is 12.2 Å². The van der Waals surface area contributed by atoms with E-state index >= 15 is 0 Å². The van der Waals surface area contributed by atoms with Crippen molar-refractivity contribution in [2.75, 3.05) is 29.5 Å². The predicted octanol–water partition coefficient (Wildman–Crippen LogP) is 0.168. The van der Waals surface area contributed by atoms with Gasteiger partial charge in [0.15, 0.2) is 0 Å². The number of nitrogens with two attached hydrogens (primary N) is 1. The summed E-state index contributed by atoms with van der Waals surface area (Å²) in [6.45, 7) is 0.486. The molecule has 1 aromatic rings. The number of benzene rings is 1. The molecule has 1 aliphatic heterocycles. The molecule has 0 saturated heterocycles. The highest BCUT2D eigenvalue weighted by Crippen LogP contribution is 2.31. The molecular formula is C10H13N3O2. The second-order valence-corrected chi connectivity index (χ2v) is 3.47. The fourth-order valence-electron chi connectivity index (χ4n) is 1.64. The first-order valence-corrected chi connectivity index (χ1v) is 4.77. The van der Waals surface area contributed by atoms with Crippen molar-refractivity contribution in [2.24, 2.45) is 0 Å². The Morgan fingerprint density at radius 2 is 2.33 bits per heavy atom. The average molecular weight is 207 g/mol. The number of amides is 1. The van der Waals surface area contributed by atoms with Crippen molar-refractivity contribution in [1.29, 1.82) is 0 Å². The van der Waals surface area contributed by atoms with Crippen molar-refractivity contribution < 1.29 is 9.90 Å². The second-order valence-electron chi connectivity index (χ2n) is 3.47. The van der Waals surface area contributed by atoms with E-state index in [1.807, 2.05) is 0 Å². The molecule has 1 aliphatic rings. The van der Waals surface area contributed by atoms with Crippen LogP contribution in [0.25, 0.3) is 0 Å². The zero-order chi connectivity index (χ0) is 10.8. The summed E-state index contributed by atoms with van der Waals surface area (Å²) in [7, 11) is 0. The standard InChI is InChI=1S/C10H13N3O2/c11-7-3-6-4-10(15)13-8(6)5-9(7)12-1-2-14/h3,5,12,14H,1-2,4,11H2,(H,13,15). The molecule has 0 aliphatic carbocycles. The van der Waals surface area contributed by atoms with Crippen molar-refractivity contribution >= 4 is 23.0 Å². The predicted molar refractivity (Wildman–Crippen MR) is 58.8 cm³/mol. The second kappa shape index (κ2) is 3.78. The van der Waals surface area contributed by atoms with Crippen LogP contribution in [-0.4, -0.2) is 24.2 Å². The van der Waals surface area contributed by atoms with Crippen LogP contribution in [0.4, 0.5) is 17.1 Å². The third kappa shape index (κ3) is 1.87. The lowest BCUT2D eigenvalue weighted by Gasteiger charge is -2.10. The maximum Gasteiger partial charge on any atom is 0.228 e. The summed E-state index contributed by atoms with van der Waals surface area (Å²) in [5, 5.41) is 14.4. The number of anilines is 3. The lowest BCUT2D eigenvalue weighted by molar-refractivity contribution is -0.115. The van der Waals surface area contributed by atoms with Crippen LogP contribution in [0.3, 0.4) is 0 Å². The Bertz CT molecular complexity index is 404. The zero-order valence-corrected chi connectivity index (χ0v) is 8.21. The molecule has 2 rings (SSSR count). The number of aliphatic hydroxyl groups is 1. The Kier molecular flexibility index (Phi) is 2.47. The molecule has 1 aromatic carbocycles. The van der Waals surface area contributed by atoms with E-state index in [-0.39, 0.29) is 12.5 Å². The van der Waals surface area contributed by atoms with Gasteiger partial charge in [-0.15, -0.1) is 0 Å². The van der Waals surface area contributed by atoms with Crippen molar-refractivity contribution in [3.63, 3.8) is 0 Å². The summed E-state index contributed by atoms with van der Waals surface area (Å²) in [6.07, 6.45) is 0.389. The number of nitrogens with one attached hydrogen (secondary N) is 2. The number of carbonyl (C=O) groups is 1. The fraction of sp³-hybridized carbons (Fsp3) is 0.300. The van der Waals surface area contributed by atoms with Gasteiger partial charge in [-0.1, -0.05) is 0 Å². The van der Waals surface area contributed by atoms with Crippen LogP contribution in [-0.2, 0) is 11.2 Å². The van der Waals surface area contributed by atoms with Crippen molar-refractivity contribution in [3.05, 3.63) is 17.7 Å². The molecule has 0 spiro atoms. The van der Waals surface area contributed by atoms with E-state index < -0.39 is 0 Å². The van der Waals surface area contributed by atoms with Gasteiger partial charge in [-0.25, -0.2) is 0 Å². The van der Waals surface area contributed by atoms with Crippen LogP contribution in [0.5, 0.6) is 0 Å². The van der Waals surface area contributed by atoms with Gasteiger partial charge >= 0.3 is 0 Å². The lowest BCUT2D eigenvalue weighted by atomic mass is 10.1. The van der Waals surface area contributed by atoms with E-state index in [1.54, 1.807) is 12.1 Å². The average Bonchev–Trinajstić information content (AvgIpc) is 2.53. The van der Waals surface area contributed by atoms with Gasteiger partial charge in [0.25, 0.3) is 0 Å². The molecule has 0 saturated carbocycles. The summed E-state index contributed by atoms with van der Waals surface area (Å²) in [4.78, 5) is 11.1. The quantitative estimate of drug-likeness (QED) is 0.532. The topological polar surface area (TPSA) is 87.4 Å². The van der Waals surface area contributed by atoms with E-state index in [0.717, 1.165) is 16.9 Å². The van der Waals surface area contributed by atoms with Crippen LogP contribution in [0.15, 0.2) is 12.1 Å². The molecule has 0 fully saturated rings. The first kappa shape index (κ1) is 9.79. The molecule has 0 radical (unpaired) electrons. The molecule has 0 atom stereocenters. The molecule has 5 heteroatoms. The Labute approximate surface area is 87.3 Å². The van der Waals surface area contributed by atoms with Crippen LogP contribution in [0.1, 0.15) is 5.56 Å². The Balaban J connectivity index is 2.27. The first-order chi connectivity index (χ1) is 7.20. The summed E-state index contributed by atoms with van der Waals surface area (Å²) in [6, 6.07) is 3.58. The largest absolute Gasteiger partial charge is 0.397 e. The Morgan fingerprint density at radius 3 is 3.07 bits per heavy atom. The Hall–Kier alpha value is -1.75. The molecule has 0 aromatic heterocycles. The van der Waals surface area contributed by atoms with Gasteiger partial charge in [-0.05, 0) is 17.7 Å². The smallest absolute Gasteiger partial charge is 0.228 e. The third-order valence-corrected chi connectivity index (χ3v) is 2.33. The zero-order valence-electron chi connectivity index (χ0n) is 8.21. The van der Waals surface area contributed by atoms with E-state index in [2.05, 4.69) is 10.6 Å².